The lowest BCUT2D eigenvalue weighted by atomic mass is 10.2. The topological polar surface area (TPSA) is 111 Å². The first-order valence-corrected chi connectivity index (χ1v) is 8.60. The third-order valence-corrected chi connectivity index (χ3v) is 4.04. The van der Waals surface area contributed by atoms with Crippen molar-refractivity contribution in [1.82, 2.24) is 29.7 Å². The number of alkyl halides is 3. The van der Waals surface area contributed by atoms with Crippen LogP contribution in [0.25, 0.3) is 22.3 Å². The predicted molar refractivity (Wildman–Crippen MR) is 99.8 cm³/mol. The van der Waals surface area contributed by atoms with Crippen molar-refractivity contribution in [2.75, 3.05) is 5.32 Å². The van der Waals surface area contributed by atoms with E-state index in [9.17, 15) is 18.0 Å². The minimum Gasteiger partial charge on any atom is -0.422 e. The SMILES string of the molecule is Cn1cc(C(=O)Nc2cc3[nH]c(-c4ccnc(OC(F)C(F)F)n4)cc3cn2)cn1. The van der Waals surface area contributed by atoms with Crippen LogP contribution in [0.15, 0.2) is 43.0 Å². The number of ether oxygens (including phenoxy) is 1. The summed E-state index contributed by atoms with van der Waals surface area (Å²) in [5, 5.41) is 7.32. The zero-order chi connectivity index (χ0) is 21.3. The highest BCUT2D eigenvalue weighted by Gasteiger charge is 2.22. The van der Waals surface area contributed by atoms with E-state index in [2.05, 4.69) is 35.1 Å². The quantitative estimate of drug-likeness (QED) is 0.499. The number of pyridine rings is 1. The zero-order valence-corrected chi connectivity index (χ0v) is 15.4. The van der Waals surface area contributed by atoms with Gasteiger partial charge >= 0.3 is 18.8 Å². The zero-order valence-electron chi connectivity index (χ0n) is 15.4. The van der Waals surface area contributed by atoms with Gasteiger partial charge in [0, 0.05) is 37.1 Å². The lowest BCUT2D eigenvalue weighted by molar-refractivity contribution is -0.0713. The van der Waals surface area contributed by atoms with Gasteiger partial charge in [0.05, 0.1) is 28.7 Å². The average Bonchev–Trinajstić information content (AvgIpc) is 3.34. The Hall–Kier alpha value is -3.96. The second kappa shape index (κ2) is 7.81. The van der Waals surface area contributed by atoms with Crippen molar-refractivity contribution in [3.63, 3.8) is 0 Å². The third kappa shape index (κ3) is 4.06. The number of halogens is 3. The second-order valence-corrected chi connectivity index (χ2v) is 6.22. The summed E-state index contributed by atoms with van der Waals surface area (Å²) in [5.74, 6) is -0.0483. The number of nitrogens with zero attached hydrogens (tertiary/aromatic N) is 5. The van der Waals surface area contributed by atoms with E-state index in [1.54, 1.807) is 31.6 Å². The van der Waals surface area contributed by atoms with E-state index in [0.29, 0.717) is 33.7 Å². The summed E-state index contributed by atoms with van der Waals surface area (Å²) in [4.78, 5) is 27.1. The first-order chi connectivity index (χ1) is 14.4. The number of aryl methyl sites for hydroxylation is 1. The molecule has 12 heteroatoms. The molecule has 0 aliphatic carbocycles. The van der Waals surface area contributed by atoms with Gasteiger partial charge in [-0.05, 0) is 12.1 Å². The van der Waals surface area contributed by atoms with Crippen LogP contribution in [0.5, 0.6) is 6.01 Å². The number of aromatic nitrogens is 6. The Balaban J connectivity index is 1.56. The number of H-pyrrole nitrogens is 1. The summed E-state index contributed by atoms with van der Waals surface area (Å²) in [7, 11) is 1.70. The van der Waals surface area contributed by atoms with Crippen LogP contribution >= 0.6 is 0 Å². The summed E-state index contributed by atoms with van der Waals surface area (Å²) in [5.41, 5.74) is 1.83. The number of hydrogen-bond donors (Lipinski definition) is 2. The van der Waals surface area contributed by atoms with Gasteiger partial charge in [0.2, 0.25) is 0 Å². The Kier molecular flexibility index (Phi) is 5.04. The molecule has 0 spiro atoms. The number of fused-ring (bicyclic) bond motifs is 1. The molecule has 0 saturated carbocycles. The molecule has 2 N–H and O–H groups in total. The van der Waals surface area contributed by atoms with E-state index >= 15 is 0 Å². The number of carbonyl (C=O) groups is 1. The molecule has 4 aromatic heterocycles. The normalized spacial score (nSPS) is 12.3. The fraction of sp³-hybridized carbons (Fsp3) is 0.167. The molecule has 0 aliphatic heterocycles. The van der Waals surface area contributed by atoms with Crippen LogP contribution in [0.4, 0.5) is 19.0 Å². The monoisotopic (exact) mass is 417 g/mol. The van der Waals surface area contributed by atoms with Crippen LogP contribution in [0.2, 0.25) is 0 Å². The molecule has 154 valence electrons. The number of rotatable bonds is 6. The van der Waals surface area contributed by atoms with E-state index in [4.69, 9.17) is 0 Å². The maximum absolute atomic E-state index is 13.1. The Morgan fingerprint density at radius 3 is 2.80 bits per heavy atom. The number of hydrogen-bond acceptors (Lipinski definition) is 6. The Labute approximate surface area is 166 Å². The van der Waals surface area contributed by atoms with E-state index in [0.717, 1.165) is 0 Å². The molecule has 4 aromatic rings. The van der Waals surface area contributed by atoms with Gasteiger partial charge in [0.15, 0.2) is 0 Å². The molecule has 0 fully saturated rings. The Morgan fingerprint density at radius 2 is 2.07 bits per heavy atom. The van der Waals surface area contributed by atoms with E-state index in [1.807, 2.05) is 0 Å². The van der Waals surface area contributed by atoms with E-state index in [1.165, 1.54) is 23.1 Å². The molecule has 0 aromatic carbocycles. The second-order valence-electron chi connectivity index (χ2n) is 6.22. The van der Waals surface area contributed by atoms with Crippen molar-refractivity contribution in [2.45, 2.75) is 12.8 Å². The van der Waals surface area contributed by atoms with E-state index in [-0.39, 0.29) is 5.91 Å². The van der Waals surface area contributed by atoms with Crippen LogP contribution in [0, 0.1) is 0 Å². The van der Waals surface area contributed by atoms with Crippen LogP contribution in [0.1, 0.15) is 10.4 Å². The van der Waals surface area contributed by atoms with Crippen LogP contribution < -0.4 is 10.1 Å². The van der Waals surface area contributed by atoms with Crippen LogP contribution in [0.3, 0.4) is 0 Å². The predicted octanol–water partition coefficient (Wildman–Crippen LogP) is 2.95. The fourth-order valence-electron chi connectivity index (χ4n) is 2.66. The minimum atomic E-state index is -3.31. The molecule has 0 radical (unpaired) electrons. The molecular formula is C18H14F3N7O2. The third-order valence-electron chi connectivity index (χ3n) is 4.04. The molecule has 1 unspecified atom stereocenters. The molecule has 1 amide bonds. The number of carbonyl (C=O) groups excluding carboxylic acids is 1. The first kappa shape index (κ1) is 19.4. The smallest absolute Gasteiger partial charge is 0.319 e. The molecule has 0 bridgehead atoms. The van der Waals surface area contributed by atoms with Gasteiger partial charge in [-0.3, -0.25) is 9.48 Å². The van der Waals surface area contributed by atoms with Gasteiger partial charge in [-0.2, -0.15) is 14.5 Å². The van der Waals surface area contributed by atoms with Crippen molar-refractivity contribution < 1.29 is 22.7 Å². The van der Waals surface area contributed by atoms with Crippen LogP contribution in [-0.2, 0) is 7.05 Å². The number of amides is 1. The average molecular weight is 417 g/mol. The van der Waals surface area contributed by atoms with Gasteiger partial charge in [-0.25, -0.2) is 18.7 Å². The number of anilines is 1. The fourth-order valence-corrected chi connectivity index (χ4v) is 2.66. The van der Waals surface area contributed by atoms with Crippen LogP contribution in [-0.4, -0.2) is 48.4 Å². The molecule has 30 heavy (non-hydrogen) atoms. The molecule has 4 rings (SSSR count). The maximum Gasteiger partial charge on any atom is 0.319 e. The highest BCUT2D eigenvalue weighted by atomic mass is 19.3. The van der Waals surface area contributed by atoms with Crippen molar-refractivity contribution in [1.29, 1.82) is 0 Å². The molecule has 1 atom stereocenters. The number of aromatic amines is 1. The molecule has 0 aliphatic rings. The standard InChI is InChI=1S/C18H14F3N7O2/c1-28-8-10(7-24-28)17(29)27-14-5-12-9(6-23-14)4-13(25-12)11-2-3-22-18(26-11)30-16(21)15(19)20/h2-8,15-16,25H,1H3,(H,23,27,29). The summed E-state index contributed by atoms with van der Waals surface area (Å²) < 4.78 is 43.6. The van der Waals surface area contributed by atoms with Gasteiger partial charge in [-0.1, -0.05) is 0 Å². The van der Waals surface area contributed by atoms with Crippen molar-refractivity contribution in [2.24, 2.45) is 7.05 Å². The van der Waals surface area contributed by atoms with Crippen molar-refractivity contribution in [3.05, 3.63) is 48.5 Å². The molecule has 4 heterocycles. The molecule has 9 nitrogen and oxygen atoms in total. The highest BCUT2D eigenvalue weighted by molar-refractivity contribution is 6.04. The summed E-state index contributed by atoms with van der Waals surface area (Å²) in [6.45, 7) is 0. The minimum absolute atomic E-state index is 0.304. The summed E-state index contributed by atoms with van der Waals surface area (Å²) in [6, 6.07) is 4.33. The largest absolute Gasteiger partial charge is 0.422 e. The van der Waals surface area contributed by atoms with Gasteiger partial charge in [-0.15, -0.1) is 0 Å². The lowest BCUT2D eigenvalue weighted by Crippen LogP contribution is -2.20. The molecule has 0 saturated heterocycles. The van der Waals surface area contributed by atoms with Gasteiger partial charge < -0.3 is 15.0 Å². The highest BCUT2D eigenvalue weighted by Crippen LogP contribution is 2.25. The Bertz CT molecular complexity index is 1210. The van der Waals surface area contributed by atoms with Crippen molar-refractivity contribution in [3.8, 4) is 17.4 Å². The van der Waals surface area contributed by atoms with E-state index < -0.39 is 18.8 Å². The summed E-state index contributed by atoms with van der Waals surface area (Å²) in [6.07, 6.45) is -0.313. The lowest BCUT2D eigenvalue weighted by Gasteiger charge is -2.08. The van der Waals surface area contributed by atoms with Gasteiger partial charge in [0.1, 0.15) is 5.82 Å². The van der Waals surface area contributed by atoms with Gasteiger partial charge in [0.25, 0.3) is 5.91 Å². The summed E-state index contributed by atoms with van der Waals surface area (Å²) >= 11 is 0. The molecular weight excluding hydrogens is 403 g/mol. The van der Waals surface area contributed by atoms with Crippen molar-refractivity contribution >= 4 is 22.6 Å². The maximum atomic E-state index is 13.1. The first-order valence-electron chi connectivity index (χ1n) is 8.60. The number of nitrogens with one attached hydrogen (secondary N) is 2. The Morgan fingerprint density at radius 1 is 1.23 bits per heavy atom.